The number of benzene rings is 2. The number of halogens is 3. The summed E-state index contributed by atoms with van der Waals surface area (Å²) in [5.41, 5.74) is -2.70. The van der Waals surface area contributed by atoms with Crippen molar-refractivity contribution in [3.63, 3.8) is 0 Å². The van der Waals surface area contributed by atoms with Gasteiger partial charge in [-0.15, -0.1) is 0 Å². The molecule has 12 heteroatoms. The van der Waals surface area contributed by atoms with Crippen molar-refractivity contribution in [1.82, 2.24) is 9.47 Å². The third-order valence-corrected chi connectivity index (χ3v) is 7.22. The van der Waals surface area contributed by atoms with Gasteiger partial charge in [0, 0.05) is 32.2 Å². The average molecular weight is 557 g/mol. The molecule has 1 saturated heterocycles. The molecule has 9 nitrogen and oxygen atoms in total. The van der Waals surface area contributed by atoms with Crippen LogP contribution in [0.15, 0.2) is 42.5 Å². The summed E-state index contributed by atoms with van der Waals surface area (Å²) in [5.74, 6) is -0.393. The van der Waals surface area contributed by atoms with E-state index in [4.69, 9.17) is 14.7 Å². The molecule has 210 valence electrons. The van der Waals surface area contributed by atoms with Gasteiger partial charge in [-0.3, -0.25) is 14.3 Å². The van der Waals surface area contributed by atoms with Gasteiger partial charge in [0.25, 0.3) is 0 Å². The number of nitrogens with one attached hydrogen (secondary N) is 1. The standard InChI is InChI=1S/C28H27F3N4O5/c1-16(36)33-18-5-8-20(9-6-18)39-11-10-34-14-26(2)22-23(27(3,15-34)40-26)25(38)35(24(22)37)19-7-4-17(13-32)21(12-19)28(29,30)31/h4-9,12,37-38H,10-11,14-15H2,1-3H3,(H,33,36). The Labute approximate surface area is 228 Å². The summed E-state index contributed by atoms with van der Waals surface area (Å²) in [5, 5.41) is 34.3. The fraction of sp³-hybridized carbons (Fsp3) is 0.357. The smallest absolute Gasteiger partial charge is 0.417 e. The first-order valence-electron chi connectivity index (χ1n) is 12.5. The highest BCUT2D eigenvalue weighted by atomic mass is 19.4. The number of rotatable bonds is 6. The molecule has 3 N–H and O–H groups in total. The van der Waals surface area contributed by atoms with Crippen LogP contribution in [0.3, 0.4) is 0 Å². The SMILES string of the molecule is CC(=O)Nc1ccc(OCCN2CC3(C)OC(C)(C2)c2c3c(O)n(-c3ccc(C#N)c(C(F)(F)F)c3)c2O)cc1. The number of amides is 1. The van der Waals surface area contributed by atoms with E-state index in [0.717, 1.165) is 16.7 Å². The van der Waals surface area contributed by atoms with Crippen molar-refractivity contribution in [3.8, 4) is 29.3 Å². The van der Waals surface area contributed by atoms with Gasteiger partial charge in [-0.1, -0.05) is 0 Å². The molecule has 0 spiro atoms. The van der Waals surface area contributed by atoms with Crippen LogP contribution in [0.2, 0.25) is 0 Å². The Kier molecular flexibility index (Phi) is 6.47. The van der Waals surface area contributed by atoms with Crippen LogP contribution in [-0.2, 0) is 26.9 Å². The van der Waals surface area contributed by atoms with Crippen LogP contribution in [0.25, 0.3) is 5.69 Å². The minimum absolute atomic E-state index is 0.129. The van der Waals surface area contributed by atoms with Crippen LogP contribution < -0.4 is 10.1 Å². The molecule has 2 bridgehead atoms. The average Bonchev–Trinajstić information content (AvgIpc) is 3.24. The molecule has 2 aliphatic rings. The van der Waals surface area contributed by atoms with Crippen molar-refractivity contribution >= 4 is 11.6 Å². The molecule has 1 amide bonds. The topological polar surface area (TPSA) is 120 Å². The molecule has 5 rings (SSSR count). The normalized spacial score (nSPS) is 22.0. The van der Waals surface area contributed by atoms with Crippen molar-refractivity contribution in [3.05, 3.63) is 64.7 Å². The molecule has 2 unspecified atom stereocenters. The maximum atomic E-state index is 13.6. The number of hydrogen-bond donors (Lipinski definition) is 3. The van der Waals surface area contributed by atoms with Gasteiger partial charge in [0.15, 0.2) is 0 Å². The van der Waals surface area contributed by atoms with Crippen LogP contribution in [0.1, 0.15) is 43.0 Å². The highest BCUT2D eigenvalue weighted by Crippen LogP contribution is 2.59. The third-order valence-electron chi connectivity index (χ3n) is 7.22. The zero-order valence-corrected chi connectivity index (χ0v) is 22.0. The first kappa shape index (κ1) is 27.4. The summed E-state index contributed by atoms with van der Waals surface area (Å²) >= 11 is 0. The van der Waals surface area contributed by atoms with E-state index in [1.54, 1.807) is 38.1 Å². The summed E-state index contributed by atoms with van der Waals surface area (Å²) < 4.78 is 53.9. The summed E-state index contributed by atoms with van der Waals surface area (Å²) in [7, 11) is 0. The molecule has 0 saturated carbocycles. The molecular formula is C28H27F3N4O5. The largest absolute Gasteiger partial charge is 0.494 e. The summed E-state index contributed by atoms with van der Waals surface area (Å²) in [6.07, 6.45) is -4.80. The zero-order chi connectivity index (χ0) is 29.0. The van der Waals surface area contributed by atoms with Gasteiger partial charge in [0.2, 0.25) is 17.7 Å². The van der Waals surface area contributed by atoms with Gasteiger partial charge in [0.05, 0.1) is 34.0 Å². The monoisotopic (exact) mass is 556 g/mol. The summed E-state index contributed by atoms with van der Waals surface area (Å²) in [6, 6.07) is 11.5. The van der Waals surface area contributed by atoms with Gasteiger partial charge in [-0.25, -0.2) is 0 Å². The molecule has 2 aliphatic heterocycles. The number of fused-ring (bicyclic) bond motifs is 5. The number of morpholine rings is 1. The predicted octanol–water partition coefficient (Wildman–Crippen LogP) is 4.59. The van der Waals surface area contributed by atoms with Crippen LogP contribution in [0.5, 0.6) is 17.5 Å². The molecule has 40 heavy (non-hydrogen) atoms. The van der Waals surface area contributed by atoms with E-state index in [9.17, 15) is 28.2 Å². The van der Waals surface area contributed by atoms with Crippen molar-refractivity contribution in [1.29, 1.82) is 5.26 Å². The van der Waals surface area contributed by atoms with Crippen LogP contribution in [0, 0.1) is 11.3 Å². The molecule has 3 aromatic rings. The number of carbonyl (C=O) groups is 1. The minimum atomic E-state index is -4.80. The number of hydrogen-bond acceptors (Lipinski definition) is 7. The second-order valence-electron chi connectivity index (χ2n) is 10.4. The van der Waals surface area contributed by atoms with E-state index in [0.29, 0.717) is 48.8 Å². The number of nitriles is 1. The van der Waals surface area contributed by atoms with Gasteiger partial charge >= 0.3 is 6.18 Å². The quantitative estimate of drug-likeness (QED) is 0.406. The Morgan fingerprint density at radius 2 is 1.70 bits per heavy atom. The molecule has 3 heterocycles. The Morgan fingerprint density at radius 1 is 1.10 bits per heavy atom. The lowest BCUT2D eigenvalue weighted by Crippen LogP contribution is -2.52. The van der Waals surface area contributed by atoms with E-state index in [-0.39, 0.29) is 11.6 Å². The fourth-order valence-corrected chi connectivity index (χ4v) is 5.82. The Balaban J connectivity index is 1.37. The maximum Gasteiger partial charge on any atom is 0.417 e. The number of carbonyl (C=O) groups excluding carboxylic acids is 1. The number of nitrogens with zero attached hydrogens (tertiary/aromatic N) is 3. The first-order valence-corrected chi connectivity index (χ1v) is 12.5. The molecule has 1 aromatic heterocycles. The number of aromatic nitrogens is 1. The van der Waals surface area contributed by atoms with Crippen molar-refractivity contribution in [2.24, 2.45) is 0 Å². The fourth-order valence-electron chi connectivity index (χ4n) is 5.82. The van der Waals surface area contributed by atoms with Gasteiger partial charge < -0.3 is 25.0 Å². The molecule has 2 atom stereocenters. The number of ether oxygens (including phenoxy) is 2. The summed E-state index contributed by atoms with van der Waals surface area (Å²) in [4.78, 5) is 13.3. The number of aromatic hydroxyl groups is 2. The molecule has 2 aromatic carbocycles. The van der Waals surface area contributed by atoms with E-state index in [1.165, 1.54) is 19.1 Å². The lowest BCUT2D eigenvalue weighted by atomic mass is 9.94. The van der Waals surface area contributed by atoms with Gasteiger partial charge in [-0.05, 0) is 56.3 Å². The Hall–Kier alpha value is -4.21. The van der Waals surface area contributed by atoms with E-state index < -0.39 is 40.3 Å². The van der Waals surface area contributed by atoms with Gasteiger partial charge in [-0.2, -0.15) is 18.4 Å². The first-order chi connectivity index (χ1) is 18.8. The lowest BCUT2D eigenvalue weighted by molar-refractivity contribution is -0.187. The van der Waals surface area contributed by atoms with Crippen LogP contribution >= 0.6 is 0 Å². The second-order valence-corrected chi connectivity index (χ2v) is 10.4. The highest BCUT2D eigenvalue weighted by molar-refractivity contribution is 5.88. The third kappa shape index (κ3) is 4.61. The maximum absolute atomic E-state index is 13.6. The van der Waals surface area contributed by atoms with Crippen molar-refractivity contribution < 1.29 is 37.7 Å². The van der Waals surface area contributed by atoms with Crippen LogP contribution in [-0.4, -0.2) is 51.8 Å². The van der Waals surface area contributed by atoms with E-state index in [2.05, 4.69) is 10.2 Å². The Morgan fingerprint density at radius 3 is 2.23 bits per heavy atom. The van der Waals surface area contributed by atoms with E-state index in [1.807, 2.05) is 0 Å². The predicted molar refractivity (Wildman–Crippen MR) is 137 cm³/mol. The number of anilines is 1. The molecule has 0 radical (unpaired) electrons. The van der Waals surface area contributed by atoms with Crippen molar-refractivity contribution in [2.45, 2.75) is 38.1 Å². The highest BCUT2D eigenvalue weighted by Gasteiger charge is 2.58. The lowest BCUT2D eigenvalue weighted by Gasteiger charge is -2.43. The second kappa shape index (κ2) is 9.46. The summed E-state index contributed by atoms with van der Waals surface area (Å²) in [6.45, 7) is 6.44. The molecular weight excluding hydrogens is 529 g/mol. The van der Waals surface area contributed by atoms with Gasteiger partial charge in [0.1, 0.15) is 23.6 Å². The van der Waals surface area contributed by atoms with Crippen molar-refractivity contribution in [2.75, 3.05) is 31.6 Å². The minimum Gasteiger partial charge on any atom is -0.494 e. The number of alkyl halides is 3. The van der Waals surface area contributed by atoms with Crippen LogP contribution in [0.4, 0.5) is 18.9 Å². The van der Waals surface area contributed by atoms with E-state index >= 15 is 0 Å². The molecule has 0 aliphatic carbocycles. The zero-order valence-electron chi connectivity index (χ0n) is 22.0. The Bertz CT molecular complexity index is 1490. The molecule has 1 fully saturated rings.